The SMILES string of the molecule is CCOC(=O)C1CC1CN1C[C@H](C(=O)Nc2ccc(Cl)cc2)[C@@H](C(=O)Nc2ccc(-n3ccccc3=O)cc2F)C1. The Morgan fingerprint density at radius 3 is 2.34 bits per heavy atom. The summed E-state index contributed by atoms with van der Waals surface area (Å²) >= 11 is 5.96. The lowest BCUT2D eigenvalue weighted by molar-refractivity contribution is -0.145. The first-order valence-electron chi connectivity index (χ1n) is 13.5. The molecule has 2 aliphatic rings. The van der Waals surface area contributed by atoms with Crippen molar-refractivity contribution in [1.82, 2.24) is 9.47 Å². The normalized spacial score (nSPS) is 21.7. The zero-order valence-corrected chi connectivity index (χ0v) is 23.1. The molecule has 1 aliphatic carbocycles. The van der Waals surface area contributed by atoms with E-state index < -0.39 is 23.6 Å². The maximum atomic E-state index is 15.1. The smallest absolute Gasteiger partial charge is 0.309 e. The van der Waals surface area contributed by atoms with Gasteiger partial charge in [0, 0.05) is 48.7 Å². The lowest BCUT2D eigenvalue weighted by atomic mass is 9.94. The number of carbonyl (C=O) groups is 3. The van der Waals surface area contributed by atoms with Crippen LogP contribution in [0, 0.1) is 29.5 Å². The molecule has 4 atom stereocenters. The monoisotopic (exact) mass is 580 g/mol. The molecule has 1 saturated heterocycles. The third-order valence-corrected chi connectivity index (χ3v) is 7.75. The Morgan fingerprint density at radius 1 is 0.976 bits per heavy atom. The van der Waals surface area contributed by atoms with Crippen LogP contribution in [-0.2, 0) is 19.1 Å². The number of carbonyl (C=O) groups excluding carboxylic acids is 3. The summed E-state index contributed by atoms with van der Waals surface area (Å²) in [5.74, 6) is -3.32. The van der Waals surface area contributed by atoms with Gasteiger partial charge in [0.05, 0.1) is 35.7 Å². The number of hydrogen-bond donors (Lipinski definition) is 2. The van der Waals surface area contributed by atoms with Crippen LogP contribution in [0.25, 0.3) is 5.69 Å². The second-order valence-electron chi connectivity index (χ2n) is 10.3. The van der Waals surface area contributed by atoms with Crippen molar-refractivity contribution in [3.05, 3.63) is 88.1 Å². The van der Waals surface area contributed by atoms with E-state index in [4.69, 9.17) is 16.3 Å². The average Bonchev–Trinajstić information content (AvgIpc) is 3.59. The molecule has 11 heteroatoms. The van der Waals surface area contributed by atoms with Gasteiger partial charge in [0.1, 0.15) is 5.82 Å². The van der Waals surface area contributed by atoms with E-state index in [0.717, 1.165) is 0 Å². The first kappa shape index (κ1) is 28.5. The Kier molecular flexibility index (Phi) is 8.51. The molecule has 9 nitrogen and oxygen atoms in total. The number of likely N-dealkylation sites (tertiary alicyclic amines) is 1. The lowest BCUT2D eigenvalue weighted by Gasteiger charge is -2.18. The van der Waals surface area contributed by atoms with E-state index in [2.05, 4.69) is 10.6 Å². The fourth-order valence-corrected chi connectivity index (χ4v) is 5.40. The molecule has 2 heterocycles. The Bertz CT molecular complexity index is 1510. The molecule has 41 heavy (non-hydrogen) atoms. The van der Waals surface area contributed by atoms with E-state index in [1.54, 1.807) is 43.3 Å². The molecule has 1 aliphatic heterocycles. The van der Waals surface area contributed by atoms with Gasteiger partial charge >= 0.3 is 5.97 Å². The molecule has 5 rings (SSSR count). The van der Waals surface area contributed by atoms with Crippen molar-refractivity contribution in [2.24, 2.45) is 23.7 Å². The van der Waals surface area contributed by atoms with Gasteiger partial charge in [-0.05, 0) is 61.7 Å². The summed E-state index contributed by atoms with van der Waals surface area (Å²) < 4.78 is 21.5. The summed E-state index contributed by atoms with van der Waals surface area (Å²) in [5, 5.41) is 6.01. The predicted molar refractivity (Wildman–Crippen MR) is 152 cm³/mol. The number of nitrogens with zero attached hydrogens (tertiary/aromatic N) is 2. The highest BCUT2D eigenvalue weighted by Gasteiger charge is 2.48. The van der Waals surface area contributed by atoms with Crippen molar-refractivity contribution < 1.29 is 23.5 Å². The van der Waals surface area contributed by atoms with Crippen molar-refractivity contribution >= 4 is 40.8 Å². The van der Waals surface area contributed by atoms with E-state index in [0.29, 0.717) is 42.5 Å². The molecule has 214 valence electrons. The van der Waals surface area contributed by atoms with Gasteiger partial charge in [-0.2, -0.15) is 0 Å². The maximum absolute atomic E-state index is 15.1. The number of pyridine rings is 1. The predicted octanol–water partition coefficient (Wildman–Crippen LogP) is 3.95. The number of benzene rings is 2. The van der Waals surface area contributed by atoms with Crippen molar-refractivity contribution in [2.45, 2.75) is 13.3 Å². The average molecular weight is 581 g/mol. The number of aromatic nitrogens is 1. The fourth-order valence-electron chi connectivity index (χ4n) is 5.27. The lowest BCUT2D eigenvalue weighted by Crippen LogP contribution is -2.35. The highest BCUT2D eigenvalue weighted by Crippen LogP contribution is 2.41. The summed E-state index contributed by atoms with van der Waals surface area (Å²) in [6.45, 7) is 3.21. The van der Waals surface area contributed by atoms with Gasteiger partial charge in [-0.25, -0.2) is 4.39 Å². The van der Waals surface area contributed by atoms with Gasteiger partial charge in [0.2, 0.25) is 11.8 Å². The van der Waals surface area contributed by atoms with Gasteiger partial charge in [0.15, 0.2) is 0 Å². The van der Waals surface area contributed by atoms with E-state index >= 15 is 4.39 Å². The van der Waals surface area contributed by atoms with Crippen molar-refractivity contribution in [2.75, 3.05) is 36.9 Å². The van der Waals surface area contributed by atoms with E-state index in [-0.39, 0.29) is 41.5 Å². The number of amides is 2. The molecule has 2 N–H and O–H groups in total. The summed E-state index contributed by atoms with van der Waals surface area (Å²) in [7, 11) is 0. The topological polar surface area (TPSA) is 110 Å². The maximum Gasteiger partial charge on any atom is 0.309 e. The minimum absolute atomic E-state index is 0.0531. The van der Waals surface area contributed by atoms with Gasteiger partial charge in [-0.1, -0.05) is 17.7 Å². The van der Waals surface area contributed by atoms with Gasteiger partial charge in [-0.3, -0.25) is 23.7 Å². The molecule has 0 spiro atoms. The first-order chi connectivity index (χ1) is 19.7. The van der Waals surface area contributed by atoms with Gasteiger partial charge in [0.25, 0.3) is 5.56 Å². The minimum Gasteiger partial charge on any atom is -0.466 e. The number of esters is 1. The quantitative estimate of drug-likeness (QED) is 0.371. The van der Waals surface area contributed by atoms with Gasteiger partial charge in [-0.15, -0.1) is 0 Å². The second-order valence-corrected chi connectivity index (χ2v) is 10.8. The largest absolute Gasteiger partial charge is 0.466 e. The van der Waals surface area contributed by atoms with Gasteiger partial charge < -0.3 is 20.3 Å². The minimum atomic E-state index is -0.766. The first-order valence-corrected chi connectivity index (χ1v) is 13.8. The van der Waals surface area contributed by atoms with Crippen LogP contribution in [0.2, 0.25) is 5.02 Å². The van der Waals surface area contributed by atoms with Crippen LogP contribution >= 0.6 is 11.6 Å². The van der Waals surface area contributed by atoms with Crippen LogP contribution in [0.1, 0.15) is 13.3 Å². The molecule has 0 bridgehead atoms. The summed E-state index contributed by atoms with van der Waals surface area (Å²) in [6.07, 6.45) is 2.23. The standard InChI is InChI=1S/C30H30ClFN4O5/c1-2-41-30(40)22-13-18(22)15-35-16-23(28(38)33-20-8-6-19(31)7-9-20)24(17-35)29(39)34-26-11-10-21(14-25(26)32)36-12-4-3-5-27(36)37/h3-12,14,18,22-24H,2,13,15-17H2,1H3,(H,33,38)(H,34,39)/t18?,22?,23-,24-/m0/s1. The summed E-state index contributed by atoms with van der Waals surface area (Å²) in [4.78, 5) is 53.0. The van der Waals surface area contributed by atoms with Crippen molar-refractivity contribution in [1.29, 1.82) is 0 Å². The number of hydrogen-bond acceptors (Lipinski definition) is 6. The highest BCUT2D eigenvalue weighted by molar-refractivity contribution is 6.30. The van der Waals surface area contributed by atoms with Crippen LogP contribution in [-0.4, -0.2) is 53.5 Å². The summed E-state index contributed by atoms with van der Waals surface area (Å²) in [6, 6.07) is 15.4. The molecule has 3 aromatic rings. The number of nitrogens with one attached hydrogen (secondary N) is 2. The highest BCUT2D eigenvalue weighted by atomic mass is 35.5. The molecule has 1 saturated carbocycles. The number of ether oxygens (including phenoxy) is 1. The van der Waals surface area contributed by atoms with E-state index in [1.165, 1.54) is 35.0 Å². The molecular weight excluding hydrogens is 551 g/mol. The van der Waals surface area contributed by atoms with Crippen LogP contribution < -0.4 is 16.2 Å². The second kappa shape index (κ2) is 12.2. The number of anilines is 2. The molecule has 2 unspecified atom stereocenters. The van der Waals surface area contributed by atoms with Crippen LogP contribution in [0.5, 0.6) is 0 Å². The molecule has 0 radical (unpaired) electrons. The Balaban J connectivity index is 1.31. The third-order valence-electron chi connectivity index (χ3n) is 7.50. The Hall–Kier alpha value is -4.02. The fraction of sp³-hybridized carbons (Fsp3) is 0.333. The van der Waals surface area contributed by atoms with Crippen molar-refractivity contribution in [3.8, 4) is 5.69 Å². The Morgan fingerprint density at radius 2 is 1.68 bits per heavy atom. The zero-order chi connectivity index (χ0) is 29.1. The van der Waals surface area contributed by atoms with E-state index in [9.17, 15) is 19.2 Å². The summed E-state index contributed by atoms with van der Waals surface area (Å²) in [5.41, 5.74) is 0.492. The van der Waals surface area contributed by atoms with Crippen molar-refractivity contribution in [3.63, 3.8) is 0 Å². The zero-order valence-electron chi connectivity index (χ0n) is 22.4. The Labute approximate surface area is 241 Å². The van der Waals surface area contributed by atoms with Crippen LogP contribution in [0.15, 0.2) is 71.7 Å². The number of rotatable bonds is 9. The van der Waals surface area contributed by atoms with Crippen LogP contribution in [0.4, 0.5) is 15.8 Å². The molecule has 2 amide bonds. The third kappa shape index (κ3) is 6.66. The number of halogens is 2. The van der Waals surface area contributed by atoms with Crippen LogP contribution in [0.3, 0.4) is 0 Å². The molecule has 2 aromatic carbocycles. The van der Waals surface area contributed by atoms with E-state index in [1.807, 2.05) is 4.90 Å². The molecule has 2 fully saturated rings. The molecule has 1 aromatic heterocycles. The molecular formula is C30H30ClFN4O5.